The quantitative estimate of drug-likeness (QED) is 0.264. The predicted octanol–water partition coefficient (Wildman–Crippen LogP) is 1.84. The third kappa shape index (κ3) is 4.00. The van der Waals surface area contributed by atoms with Gasteiger partial charge in [0.15, 0.2) is 5.96 Å². The summed E-state index contributed by atoms with van der Waals surface area (Å²) in [5.74, 6) is 1.70. The molecule has 4 rings (SSSR count). The summed E-state index contributed by atoms with van der Waals surface area (Å²) < 4.78 is 11.4. The van der Waals surface area contributed by atoms with Crippen molar-refractivity contribution in [1.29, 1.82) is 0 Å². The lowest BCUT2D eigenvalue weighted by molar-refractivity contribution is -0.171. The SMILES string of the molecule is CCNC(=NCCCN1CCOCC1)NC1C2CCOC2C12CCC2.I. The van der Waals surface area contributed by atoms with E-state index in [0.717, 1.165) is 64.9 Å². The monoisotopic (exact) mass is 478 g/mol. The highest BCUT2D eigenvalue weighted by Gasteiger charge is 2.66. The number of ether oxygens (including phenoxy) is 2. The van der Waals surface area contributed by atoms with Crippen LogP contribution in [0.1, 0.15) is 39.0 Å². The van der Waals surface area contributed by atoms with E-state index in [2.05, 4.69) is 22.5 Å². The Hall–Kier alpha value is -0.120. The van der Waals surface area contributed by atoms with E-state index in [1.165, 1.54) is 25.7 Å². The molecule has 2 saturated heterocycles. The molecule has 3 unspecified atom stereocenters. The molecule has 2 aliphatic carbocycles. The molecule has 2 aliphatic heterocycles. The lowest BCUT2D eigenvalue weighted by atomic mass is 9.46. The van der Waals surface area contributed by atoms with Gasteiger partial charge in [0.05, 0.1) is 19.3 Å². The first-order valence-corrected chi connectivity index (χ1v) is 10.3. The molecule has 150 valence electrons. The van der Waals surface area contributed by atoms with Crippen LogP contribution in [0.5, 0.6) is 0 Å². The number of rotatable bonds is 6. The van der Waals surface area contributed by atoms with Crippen molar-refractivity contribution in [3.63, 3.8) is 0 Å². The Kier molecular flexibility index (Phi) is 7.44. The Bertz CT molecular complexity index is 480. The minimum absolute atomic E-state index is 0. The average Bonchev–Trinajstić information content (AvgIpc) is 3.01. The molecule has 2 N–H and O–H groups in total. The largest absolute Gasteiger partial charge is 0.379 e. The summed E-state index contributed by atoms with van der Waals surface area (Å²) in [5.41, 5.74) is 0.408. The molecule has 6 nitrogen and oxygen atoms in total. The summed E-state index contributed by atoms with van der Waals surface area (Å²) in [4.78, 5) is 7.33. The molecule has 1 spiro atoms. The van der Waals surface area contributed by atoms with Crippen LogP contribution in [0, 0.1) is 11.3 Å². The van der Waals surface area contributed by atoms with Crippen molar-refractivity contribution in [2.45, 2.75) is 51.2 Å². The molecule has 26 heavy (non-hydrogen) atoms. The maximum absolute atomic E-state index is 6.03. The van der Waals surface area contributed by atoms with Crippen LogP contribution in [0.4, 0.5) is 0 Å². The van der Waals surface area contributed by atoms with E-state index in [0.29, 0.717) is 23.5 Å². The summed E-state index contributed by atoms with van der Waals surface area (Å²) in [5, 5.41) is 7.23. The van der Waals surface area contributed by atoms with Crippen LogP contribution in [-0.2, 0) is 9.47 Å². The molecule has 3 atom stereocenters. The summed E-state index contributed by atoms with van der Waals surface area (Å²) in [6.07, 6.45) is 6.84. The fourth-order valence-corrected chi connectivity index (χ4v) is 5.23. The van der Waals surface area contributed by atoms with Gasteiger partial charge in [0.2, 0.25) is 0 Å². The molecular formula is C19H35IN4O2. The average molecular weight is 478 g/mol. The van der Waals surface area contributed by atoms with Crippen molar-refractivity contribution in [2.75, 3.05) is 52.5 Å². The zero-order valence-electron chi connectivity index (χ0n) is 16.0. The molecule has 0 amide bonds. The normalized spacial score (nSPS) is 33.0. The molecule has 4 aliphatic rings. The number of nitrogens with zero attached hydrogens (tertiary/aromatic N) is 2. The maximum atomic E-state index is 6.03. The molecule has 0 aromatic rings. The molecule has 0 aromatic carbocycles. The summed E-state index contributed by atoms with van der Waals surface area (Å²) in [7, 11) is 0. The summed E-state index contributed by atoms with van der Waals surface area (Å²) in [6, 6.07) is 0.561. The number of hydrogen-bond donors (Lipinski definition) is 2. The number of nitrogens with one attached hydrogen (secondary N) is 2. The van der Waals surface area contributed by atoms with Crippen molar-refractivity contribution >= 4 is 29.9 Å². The first-order chi connectivity index (χ1) is 12.3. The molecule has 4 fully saturated rings. The van der Waals surface area contributed by atoms with Gasteiger partial charge in [-0.05, 0) is 32.6 Å². The Morgan fingerprint density at radius 1 is 1.23 bits per heavy atom. The van der Waals surface area contributed by atoms with Crippen molar-refractivity contribution in [3.05, 3.63) is 0 Å². The third-order valence-corrected chi connectivity index (χ3v) is 6.68. The van der Waals surface area contributed by atoms with Gasteiger partial charge in [-0.25, -0.2) is 0 Å². The number of aliphatic imine (C=N–C) groups is 1. The third-order valence-electron chi connectivity index (χ3n) is 6.68. The van der Waals surface area contributed by atoms with Crippen LogP contribution < -0.4 is 10.6 Å². The highest BCUT2D eigenvalue weighted by molar-refractivity contribution is 14.0. The number of hydrogen-bond acceptors (Lipinski definition) is 4. The van der Waals surface area contributed by atoms with E-state index in [1.807, 2.05) is 0 Å². The number of halogens is 1. The highest BCUT2D eigenvalue weighted by Crippen LogP contribution is 2.62. The molecule has 2 saturated carbocycles. The van der Waals surface area contributed by atoms with Gasteiger partial charge in [0.1, 0.15) is 0 Å². The van der Waals surface area contributed by atoms with E-state index in [1.54, 1.807) is 0 Å². The second-order valence-corrected chi connectivity index (χ2v) is 8.02. The molecule has 0 radical (unpaired) electrons. The van der Waals surface area contributed by atoms with Crippen LogP contribution in [0.25, 0.3) is 0 Å². The Labute approximate surface area is 174 Å². The molecule has 0 aromatic heterocycles. The Morgan fingerprint density at radius 3 is 2.73 bits per heavy atom. The second kappa shape index (κ2) is 9.39. The van der Waals surface area contributed by atoms with Gasteiger partial charge in [-0.2, -0.15) is 0 Å². The fraction of sp³-hybridized carbons (Fsp3) is 0.947. The molecule has 7 heteroatoms. The van der Waals surface area contributed by atoms with Crippen molar-refractivity contribution < 1.29 is 9.47 Å². The highest BCUT2D eigenvalue weighted by atomic mass is 127. The van der Waals surface area contributed by atoms with E-state index >= 15 is 0 Å². The lowest BCUT2D eigenvalue weighted by Gasteiger charge is -2.63. The number of guanidine groups is 1. The zero-order chi connectivity index (χ0) is 17.1. The smallest absolute Gasteiger partial charge is 0.191 e. The van der Waals surface area contributed by atoms with Crippen LogP contribution in [0.15, 0.2) is 4.99 Å². The van der Waals surface area contributed by atoms with Gasteiger partial charge in [-0.1, -0.05) is 6.42 Å². The molecule has 2 heterocycles. The minimum Gasteiger partial charge on any atom is -0.379 e. The molecular weight excluding hydrogens is 443 g/mol. The van der Waals surface area contributed by atoms with Gasteiger partial charge in [0.25, 0.3) is 0 Å². The van der Waals surface area contributed by atoms with Gasteiger partial charge in [-0.15, -0.1) is 24.0 Å². The van der Waals surface area contributed by atoms with E-state index < -0.39 is 0 Å². The first-order valence-electron chi connectivity index (χ1n) is 10.3. The topological polar surface area (TPSA) is 58.1 Å². The maximum Gasteiger partial charge on any atom is 0.191 e. The van der Waals surface area contributed by atoms with E-state index in [4.69, 9.17) is 14.5 Å². The van der Waals surface area contributed by atoms with Crippen molar-refractivity contribution in [2.24, 2.45) is 16.3 Å². The van der Waals surface area contributed by atoms with Crippen molar-refractivity contribution in [1.82, 2.24) is 15.5 Å². The first kappa shape index (κ1) is 20.6. The number of morpholine rings is 1. The van der Waals surface area contributed by atoms with Crippen LogP contribution in [0.3, 0.4) is 0 Å². The van der Waals surface area contributed by atoms with Gasteiger partial charge in [-0.3, -0.25) is 9.89 Å². The predicted molar refractivity (Wildman–Crippen MR) is 114 cm³/mol. The molecule has 0 bridgehead atoms. The van der Waals surface area contributed by atoms with Gasteiger partial charge in [0, 0.05) is 56.7 Å². The van der Waals surface area contributed by atoms with Crippen LogP contribution in [0.2, 0.25) is 0 Å². The fourth-order valence-electron chi connectivity index (χ4n) is 5.23. The summed E-state index contributed by atoms with van der Waals surface area (Å²) in [6.45, 7) is 9.90. The van der Waals surface area contributed by atoms with E-state index in [9.17, 15) is 0 Å². The van der Waals surface area contributed by atoms with E-state index in [-0.39, 0.29) is 24.0 Å². The van der Waals surface area contributed by atoms with Gasteiger partial charge >= 0.3 is 0 Å². The zero-order valence-corrected chi connectivity index (χ0v) is 18.4. The summed E-state index contributed by atoms with van der Waals surface area (Å²) >= 11 is 0. The van der Waals surface area contributed by atoms with Gasteiger partial charge < -0.3 is 20.1 Å². The Morgan fingerprint density at radius 2 is 2.04 bits per heavy atom. The lowest BCUT2D eigenvalue weighted by Crippen LogP contribution is -2.72. The standard InChI is InChI=1S/C19H34N4O2.HI/c1-2-20-18(21-8-4-9-23-10-13-24-14-11-23)22-16-15-5-12-25-17(15)19(16)6-3-7-19;/h15-17H,2-14H2,1H3,(H2,20,21,22);1H. The van der Waals surface area contributed by atoms with Crippen LogP contribution in [-0.4, -0.2) is 75.5 Å². The number of fused-ring (bicyclic) bond motifs is 2. The Balaban J connectivity index is 0.00000196. The minimum atomic E-state index is 0. The second-order valence-electron chi connectivity index (χ2n) is 8.02. The van der Waals surface area contributed by atoms with Crippen molar-refractivity contribution in [3.8, 4) is 0 Å². The van der Waals surface area contributed by atoms with Crippen LogP contribution >= 0.6 is 24.0 Å².